The van der Waals surface area contributed by atoms with Gasteiger partial charge in [0.25, 0.3) is 0 Å². The molecule has 0 aromatic heterocycles. The first kappa shape index (κ1) is 16.3. The van der Waals surface area contributed by atoms with Gasteiger partial charge in [0.1, 0.15) is 0 Å². The number of nitrogens with zero attached hydrogens (tertiary/aromatic N) is 1. The third-order valence-electron chi connectivity index (χ3n) is 3.02. The molecule has 2 N–H and O–H groups in total. The van der Waals surface area contributed by atoms with Crippen molar-refractivity contribution in [2.24, 2.45) is 0 Å². The number of nitrogen functional groups attached to an aromatic ring is 1. The molecule has 1 aromatic carbocycles. The average molecular weight is 280 g/mol. The third-order valence-corrected chi connectivity index (χ3v) is 3.02. The van der Waals surface area contributed by atoms with Gasteiger partial charge in [-0.05, 0) is 39.0 Å². The van der Waals surface area contributed by atoms with Crippen molar-refractivity contribution >= 4 is 17.3 Å². The zero-order chi connectivity index (χ0) is 15.1. The van der Waals surface area contributed by atoms with Crippen molar-refractivity contribution in [1.82, 2.24) is 0 Å². The molecule has 112 valence electrons. The first-order valence-corrected chi connectivity index (χ1v) is 6.83. The molecule has 1 aromatic rings. The van der Waals surface area contributed by atoms with Gasteiger partial charge < -0.3 is 20.1 Å². The van der Waals surface area contributed by atoms with Crippen LogP contribution in [-0.4, -0.2) is 38.9 Å². The zero-order valence-electron chi connectivity index (χ0n) is 12.7. The molecule has 5 heteroatoms. The first-order valence-electron chi connectivity index (χ1n) is 6.83. The minimum atomic E-state index is -0.387. The van der Waals surface area contributed by atoms with Crippen molar-refractivity contribution < 1.29 is 14.3 Å². The quantitative estimate of drug-likeness (QED) is 0.613. The van der Waals surface area contributed by atoms with E-state index in [1.54, 1.807) is 26.2 Å². The summed E-state index contributed by atoms with van der Waals surface area (Å²) in [4.78, 5) is 14.0. The second kappa shape index (κ2) is 7.75. The van der Waals surface area contributed by atoms with E-state index >= 15 is 0 Å². The highest BCUT2D eigenvalue weighted by molar-refractivity contribution is 5.96. The van der Waals surface area contributed by atoms with E-state index in [9.17, 15) is 4.79 Å². The van der Waals surface area contributed by atoms with Crippen LogP contribution in [0.15, 0.2) is 18.2 Å². The van der Waals surface area contributed by atoms with E-state index in [1.807, 2.05) is 6.07 Å². The number of hydrogen-bond donors (Lipinski definition) is 1. The lowest BCUT2D eigenvalue weighted by molar-refractivity contribution is 0.0527. The maximum Gasteiger partial charge on any atom is 0.340 e. The summed E-state index contributed by atoms with van der Waals surface area (Å²) in [7, 11) is 1.67. The molecule has 0 saturated heterocycles. The van der Waals surface area contributed by atoms with Crippen LogP contribution in [0.5, 0.6) is 0 Å². The summed E-state index contributed by atoms with van der Waals surface area (Å²) in [5.41, 5.74) is 7.63. The summed E-state index contributed by atoms with van der Waals surface area (Å²) in [6, 6.07) is 5.73. The predicted octanol–water partition coefficient (Wildman–Crippen LogP) is 2.31. The fraction of sp³-hybridized carbons (Fsp3) is 0.533. The summed E-state index contributed by atoms with van der Waals surface area (Å²) < 4.78 is 10.1. The normalized spacial score (nSPS) is 10.7. The number of methoxy groups -OCH3 is 1. The molecular formula is C15H24N2O3. The minimum Gasteiger partial charge on any atom is -0.462 e. The molecule has 0 aliphatic heterocycles. The average Bonchev–Trinajstić information content (AvgIpc) is 2.40. The van der Waals surface area contributed by atoms with Gasteiger partial charge in [0, 0.05) is 31.1 Å². The van der Waals surface area contributed by atoms with E-state index in [4.69, 9.17) is 15.2 Å². The van der Waals surface area contributed by atoms with Gasteiger partial charge in [-0.3, -0.25) is 0 Å². The second-order valence-corrected chi connectivity index (χ2v) is 4.77. The molecule has 0 aliphatic carbocycles. The summed E-state index contributed by atoms with van der Waals surface area (Å²) in [5.74, 6) is -0.387. The van der Waals surface area contributed by atoms with E-state index < -0.39 is 0 Å². The van der Waals surface area contributed by atoms with Gasteiger partial charge in [0.15, 0.2) is 0 Å². The number of carbonyl (C=O) groups excluding carboxylic acids is 1. The van der Waals surface area contributed by atoms with Crippen molar-refractivity contribution in [3.63, 3.8) is 0 Å². The largest absolute Gasteiger partial charge is 0.462 e. The fourth-order valence-electron chi connectivity index (χ4n) is 1.98. The van der Waals surface area contributed by atoms with Crippen LogP contribution in [-0.2, 0) is 9.47 Å². The molecule has 0 heterocycles. The SMILES string of the molecule is CCOC(=O)c1cc(N(CCOC)C(C)C)ccc1N. The lowest BCUT2D eigenvalue weighted by Crippen LogP contribution is -2.34. The van der Waals surface area contributed by atoms with Crippen LogP contribution in [0.4, 0.5) is 11.4 Å². The number of nitrogens with two attached hydrogens (primary N) is 1. The van der Waals surface area contributed by atoms with Crippen LogP contribution in [0, 0.1) is 0 Å². The van der Waals surface area contributed by atoms with E-state index in [0.29, 0.717) is 30.5 Å². The Kier molecular flexibility index (Phi) is 6.31. The van der Waals surface area contributed by atoms with Crippen LogP contribution >= 0.6 is 0 Å². The Morgan fingerprint density at radius 1 is 1.40 bits per heavy atom. The highest BCUT2D eigenvalue weighted by Crippen LogP contribution is 2.23. The minimum absolute atomic E-state index is 0.295. The van der Waals surface area contributed by atoms with Crippen molar-refractivity contribution in [2.45, 2.75) is 26.8 Å². The van der Waals surface area contributed by atoms with E-state index in [2.05, 4.69) is 18.7 Å². The zero-order valence-corrected chi connectivity index (χ0v) is 12.7. The summed E-state index contributed by atoms with van der Waals surface area (Å²) in [6.07, 6.45) is 0. The molecular weight excluding hydrogens is 256 g/mol. The van der Waals surface area contributed by atoms with Crippen LogP contribution in [0.3, 0.4) is 0 Å². The molecule has 1 rings (SSSR count). The molecule has 0 saturated carbocycles. The Bertz CT molecular complexity index is 447. The fourth-order valence-corrected chi connectivity index (χ4v) is 1.98. The molecule has 5 nitrogen and oxygen atoms in total. The Hall–Kier alpha value is -1.75. The van der Waals surface area contributed by atoms with E-state index in [0.717, 1.165) is 12.2 Å². The Labute approximate surface area is 120 Å². The number of ether oxygens (including phenoxy) is 2. The topological polar surface area (TPSA) is 64.8 Å². The maximum atomic E-state index is 11.9. The van der Waals surface area contributed by atoms with Gasteiger partial charge >= 0.3 is 5.97 Å². The van der Waals surface area contributed by atoms with Gasteiger partial charge in [-0.25, -0.2) is 4.79 Å². The number of rotatable bonds is 7. The van der Waals surface area contributed by atoms with Crippen LogP contribution < -0.4 is 10.6 Å². The lowest BCUT2D eigenvalue weighted by Gasteiger charge is -2.29. The Morgan fingerprint density at radius 3 is 2.65 bits per heavy atom. The van der Waals surface area contributed by atoms with Crippen LogP contribution in [0.2, 0.25) is 0 Å². The second-order valence-electron chi connectivity index (χ2n) is 4.77. The molecule has 20 heavy (non-hydrogen) atoms. The molecule has 0 atom stereocenters. The smallest absolute Gasteiger partial charge is 0.340 e. The van der Waals surface area contributed by atoms with E-state index in [-0.39, 0.29) is 5.97 Å². The molecule has 0 aliphatic rings. The molecule has 0 spiro atoms. The molecule has 0 fully saturated rings. The molecule has 0 bridgehead atoms. The highest BCUT2D eigenvalue weighted by Gasteiger charge is 2.16. The summed E-state index contributed by atoms with van der Waals surface area (Å²) >= 11 is 0. The number of anilines is 2. The molecule has 0 radical (unpaired) electrons. The summed E-state index contributed by atoms with van der Waals surface area (Å²) in [5, 5.41) is 0. The Morgan fingerprint density at radius 2 is 2.10 bits per heavy atom. The third kappa shape index (κ3) is 4.13. The number of esters is 1. The van der Waals surface area contributed by atoms with Crippen molar-refractivity contribution in [2.75, 3.05) is 37.5 Å². The molecule has 0 amide bonds. The predicted molar refractivity (Wildman–Crippen MR) is 81.2 cm³/mol. The molecule has 0 unspecified atom stereocenters. The first-order chi connectivity index (χ1) is 9.51. The lowest BCUT2D eigenvalue weighted by atomic mass is 10.1. The number of benzene rings is 1. The van der Waals surface area contributed by atoms with Gasteiger partial charge in [-0.1, -0.05) is 0 Å². The number of hydrogen-bond acceptors (Lipinski definition) is 5. The monoisotopic (exact) mass is 280 g/mol. The van der Waals surface area contributed by atoms with Crippen molar-refractivity contribution in [3.8, 4) is 0 Å². The van der Waals surface area contributed by atoms with Crippen molar-refractivity contribution in [1.29, 1.82) is 0 Å². The van der Waals surface area contributed by atoms with Gasteiger partial charge in [-0.15, -0.1) is 0 Å². The standard InChI is InChI=1S/C15H24N2O3/c1-5-20-15(18)13-10-12(6-7-14(13)16)17(11(2)3)8-9-19-4/h6-7,10-11H,5,8-9,16H2,1-4H3. The van der Waals surface area contributed by atoms with Crippen molar-refractivity contribution in [3.05, 3.63) is 23.8 Å². The Balaban J connectivity index is 3.04. The van der Waals surface area contributed by atoms with Gasteiger partial charge in [-0.2, -0.15) is 0 Å². The van der Waals surface area contributed by atoms with Gasteiger partial charge in [0.05, 0.1) is 18.8 Å². The summed E-state index contributed by atoms with van der Waals surface area (Å²) in [6.45, 7) is 7.67. The van der Waals surface area contributed by atoms with Crippen LogP contribution in [0.1, 0.15) is 31.1 Å². The van der Waals surface area contributed by atoms with Gasteiger partial charge in [0.2, 0.25) is 0 Å². The maximum absolute atomic E-state index is 11.9. The van der Waals surface area contributed by atoms with Crippen LogP contribution in [0.25, 0.3) is 0 Å². The number of carbonyl (C=O) groups is 1. The van der Waals surface area contributed by atoms with E-state index in [1.165, 1.54) is 0 Å². The highest BCUT2D eigenvalue weighted by atomic mass is 16.5.